The molecule has 0 radical (unpaired) electrons. The summed E-state index contributed by atoms with van der Waals surface area (Å²) in [6.07, 6.45) is 2.61. The molecule has 1 aromatic heterocycles. The van der Waals surface area contributed by atoms with Gasteiger partial charge in [-0.25, -0.2) is 0 Å². The highest BCUT2D eigenvalue weighted by Gasteiger charge is 2.04. The summed E-state index contributed by atoms with van der Waals surface area (Å²) in [5, 5.41) is 10.3. The molecule has 2 rings (SSSR count). The molecule has 2 N–H and O–H groups in total. The quantitative estimate of drug-likeness (QED) is 0.808. The van der Waals surface area contributed by atoms with Gasteiger partial charge in [-0.1, -0.05) is 18.2 Å². The van der Waals surface area contributed by atoms with E-state index in [1.54, 1.807) is 13.3 Å². The predicted octanol–water partition coefficient (Wildman–Crippen LogP) is 2.34. The van der Waals surface area contributed by atoms with Crippen LogP contribution in [0.15, 0.2) is 36.5 Å². The van der Waals surface area contributed by atoms with E-state index in [1.807, 2.05) is 30.3 Å². The number of hydrogen-bond donors (Lipinski definition) is 2. The van der Waals surface area contributed by atoms with Crippen molar-refractivity contribution >= 4 is 11.4 Å². The van der Waals surface area contributed by atoms with Crippen molar-refractivity contribution in [3.05, 3.63) is 42.2 Å². The molecule has 0 amide bonds. The number of aromatic amines is 1. The number of hydrogen-bond acceptors (Lipinski definition) is 3. The maximum atomic E-state index is 5.04. The van der Waals surface area contributed by atoms with E-state index in [0.717, 1.165) is 23.5 Å². The number of para-hydroxylation sites is 1. The second-order valence-electron chi connectivity index (χ2n) is 3.50. The first-order valence-corrected chi connectivity index (χ1v) is 5.23. The smallest absolute Gasteiger partial charge is 0.0801 e. The van der Waals surface area contributed by atoms with Crippen LogP contribution in [0, 0.1) is 0 Å². The molecule has 0 unspecified atom stereocenters. The molecule has 0 aliphatic heterocycles. The van der Waals surface area contributed by atoms with Crippen LogP contribution in [0.25, 0.3) is 0 Å². The van der Waals surface area contributed by atoms with E-state index in [0.29, 0.717) is 6.61 Å². The number of ether oxygens (including phenoxy) is 1. The van der Waals surface area contributed by atoms with Gasteiger partial charge in [0, 0.05) is 19.2 Å². The van der Waals surface area contributed by atoms with Gasteiger partial charge in [-0.05, 0) is 12.1 Å². The fourth-order valence-corrected chi connectivity index (χ4v) is 1.49. The van der Waals surface area contributed by atoms with Crippen LogP contribution in [0.2, 0.25) is 0 Å². The largest absolute Gasteiger partial charge is 0.384 e. The molecule has 0 fully saturated rings. The number of nitrogens with zero attached hydrogens (tertiary/aromatic N) is 1. The lowest BCUT2D eigenvalue weighted by atomic mass is 10.2. The summed E-state index contributed by atoms with van der Waals surface area (Å²) in [7, 11) is 1.70. The lowest BCUT2D eigenvalue weighted by Crippen LogP contribution is -1.99. The topological polar surface area (TPSA) is 49.9 Å². The molecule has 0 saturated heterocycles. The molecule has 4 heteroatoms. The highest BCUT2D eigenvalue weighted by Crippen LogP contribution is 2.18. The Kier molecular flexibility index (Phi) is 3.56. The Morgan fingerprint density at radius 1 is 1.31 bits per heavy atom. The summed E-state index contributed by atoms with van der Waals surface area (Å²) >= 11 is 0. The van der Waals surface area contributed by atoms with Gasteiger partial charge in [0.2, 0.25) is 0 Å². The van der Waals surface area contributed by atoms with Gasteiger partial charge in [0.25, 0.3) is 0 Å². The monoisotopic (exact) mass is 217 g/mol. The van der Waals surface area contributed by atoms with Crippen molar-refractivity contribution < 1.29 is 4.74 Å². The zero-order valence-electron chi connectivity index (χ0n) is 9.23. The Labute approximate surface area is 94.6 Å². The standard InChI is InChI=1S/C12H15N3O/c1-16-8-7-11-12(9-13-15-11)14-10-5-3-2-4-6-10/h2-6,9,14H,7-8H2,1H3,(H,13,15). The van der Waals surface area contributed by atoms with Crippen LogP contribution in [-0.4, -0.2) is 23.9 Å². The van der Waals surface area contributed by atoms with Crippen molar-refractivity contribution in [2.24, 2.45) is 0 Å². The number of rotatable bonds is 5. The predicted molar refractivity (Wildman–Crippen MR) is 63.9 cm³/mol. The molecule has 0 bridgehead atoms. The van der Waals surface area contributed by atoms with Crippen LogP contribution in [0.4, 0.5) is 11.4 Å². The average Bonchev–Trinajstić information content (AvgIpc) is 2.75. The second-order valence-corrected chi connectivity index (χ2v) is 3.50. The molecule has 1 heterocycles. The molecular formula is C12H15N3O. The molecule has 0 spiro atoms. The summed E-state index contributed by atoms with van der Waals surface area (Å²) in [6.45, 7) is 0.686. The van der Waals surface area contributed by atoms with Gasteiger partial charge < -0.3 is 10.1 Å². The molecule has 84 valence electrons. The molecule has 4 nitrogen and oxygen atoms in total. The highest BCUT2D eigenvalue weighted by atomic mass is 16.5. The fourth-order valence-electron chi connectivity index (χ4n) is 1.49. The van der Waals surface area contributed by atoms with Crippen molar-refractivity contribution in [2.75, 3.05) is 19.0 Å². The summed E-state index contributed by atoms with van der Waals surface area (Å²) < 4.78 is 5.04. The molecule has 0 aliphatic rings. The van der Waals surface area contributed by atoms with Crippen LogP contribution >= 0.6 is 0 Å². The van der Waals surface area contributed by atoms with Gasteiger partial charge in [-0.3, -0.25) is 5.10 Å². The highest BCUT2D eigenvalue weighted by molar-refractivity contribution is 5.60. The average molecular weight is 217 g/mol. The van der Waals surface area contributed by atoms with Gasteiger partial charge >= 0.3 is 0 Å². The minimum atomic E-state index is 0.686. The summed E-state index contributed by atoms with van der Waals surface area (Å²) in [5.41, 5.74) is 3.12. The maximum absolute atomic E-state index is 5.04. The number of methoxy groups -OCH3 is 1. The van der Waals surface area contributed by atoms with Crippen LogP contribution in [0.5, 0.6) is 0 Å². The van der Waals surface area contributed by atoms with Gasteiger partial charge in [-0.15, -0.1) is 0 Å². The summed E-state index contributed by atoms with van der Waals surface area (Å²) in [4.78, 5) is 0. The van der Waals surface area contributed by atoms with E-state index in [9.17, 15) is 0 Å². The Morgan fingerprint density at radius 3 is 2.88 bits per heavy atom. The van der Waals surface area contributed by atoms with Crippen molar-refractivity contribution in [3.8, 4) is 0 Å². The molecule has 0 aliphatic carbocycles. The van der Waals surface area contributed by atoms with E-state index >= 15 is 0 Å². The van der Waals surface area contributed by atoms with Crippen LogP contribution in [0.3, 0.4) is 0 Å². The van der Waals surface area contributed by atoms with Crippen LogP contribution in [-0.2, 0) is 11.2 Å². The van der Waals surface area contributed by atoms with Crippen LogP contribution < -0.4 is 5.32 Å². The van der Waals surface area contributed by atoms with Gasteiger partial charge in [0.05, 0.1) is 24.2 Å². The zero-order valence-corrected chi connectivity index (χ0v) is 9.23. The minimum absolute atomic E-state index is 0.686. The van der Waals surface area contributed by atoms with E-state index in [1.165, 1.54) is 0 Å². The third kappa shape index (κ3) is 2.61. The van der Waals surface area contributed by atoms with E-state index in [-0.39, 0.29) is 0 Å². The normalized spacial score (nSPS) is 10.3. The van der Waals surface area contributed by atoms with Crippen molar-refractivity contribution in [1.29, 1.82) is 0 Å². The number of anilines is 2. The van der Waals surface area contributed by atoms with E-state index < -0.39 is 0 Å². The molecule has 1 aromatic carbocycles. The van der Waals surface area contributed by atoms with Gasteiger partial charge in [0.15, 0.2) is 0 Å². The molecular weight excluding hydrogens is 202 g/mol. The number of benzene rings is 1. The first-order valence-electron chi connectivity index (χ1n) is 5.23. The van der Waals surface area contributed by atoms with Crippen molar-refractivity contribution in [3.63, 3.8) is 0 Å². The third-order valence-electron chi connectivity index (χ3n) is 2.33. The third-order valence-corrected chi connectivity index (χ3v) is 2.33. The molecule has 2 aromatic rings. The SMILES string of the molecule is COCCc1[nH]ncc1Nc1ccccc1. The molecule has 0 atom stereocenters. The lowest BCUT2D eigenvalue weighted by molar-refractivity contribution is 0.201. The number of H-pyrrole nitrogens is 1. The summed E-state index contributed by atoms with van der Waals surface area (Å²) in [5.74, 6) is 0. The number of nitrogens with one attached hydrogen (secondary N) is 2. The maximum Gasteiger partial charge on any atom is 0.0801 e. The van der Waals surface area contributed by atoms with E-state index in [4.69, 9.17) is 4.74 Å². The summed E-state index contributed by atoms with van der Waals surface area (Å²) in [6, 6.07) is 10.0. The first kappa shape index (κ1) is 10.7. The number of aromatic nitrogens is 2. The van der Waals surface area contributed by atoms with Gasteiger partial charge in [0.1, 0.15) is 0 Å². The molecule has 16 heavy (non-hydrogen) atoms. The van der Waals surface area contributed by atoms with Crippen LogP contribution in [0.1, 0.15) is 5.69 Å². The Balaban J connectivity index is 2.07. The zero-order chi connectivity index (χ0) is 11.2. The molecule has 0 saturated carbocycles. The Hall–Kier alpha value is -1.81. The lowest BCUT2D eigenvalue weighted by Gasteiger charge is -2.06. The minimum Gasteiger partial charge on any atom is -0.384 e. The second kappa shape index (κ2) is 5.32. The van der Waals surface area contributed by atoms with Crippen molar-refractivity contribution in [2.45, 2.75) is 6.42 Å². The fraction of sp³-hybridized carbons (Fsp3) is 0.250. The van der Waals surface area contributed by atoms with Gasteiger partial charge in [-0.2, -0.15) is 5.10 Å². The first-order chi connectivity index (χ1) is 7.90. The van der Waals surface area contributed by atoms with E-state index in [2.05, 4.69) is 15.5 Å². The van der Waals surface area contributed by atoms with Crippen molar-refractivity contribution in [1.82, 2.24) is 10.2 Å². The Morgan fingerprint density at radius 2 is 2.12 bits per heavy atom. The Bertz CT molecular complexity index is 425.